The molecule has 0 saturated heterocycles. The van der Waals surface area contributed by atoms with Crippen molar-refractivity contribution in [3.8, 4) is 0 Å². The van der Waals surface area contributed by atoms with Gasteiger partial charge in [-0.1, -0.05) is 36.4 Å². The van der Waals surface area contributed by atoms with E-state index in [9.17, 15) is 0 Å². The molecule has 4 heteroatoms. The molecule has 0 unspecified atom stereocenters. The summed E-state index contributed by atoms with van der Waals surface area (Å²) in [5.74, 6) is 0. The number of fused-ring (bicyclic) bond motifs is 1. The van der Waals surface area contributed by atoms with Gasteiger partial charge in [-0.2, -0.15) is 5.10 Å². The lowest BCUT2D eigenvalue weighted by atomic mass is 9.91. The second-order valence-corrected chi connectivity index (χ2v) is 6.08. The Bertz CT molecular complexity index is 712. The number of nitrogens with one attached hydrogen (secondary N) is 2. The highest BCUT2D eigenvalue weighted by Crippen LogP contribution is 2.25. The number of aromatic nitrogens is 3. The van der Waals surface area contributed by atoms with Crippen LogP contribution in [0.15, 0.2) is 60.9 Å². The summed E-state index contributed by atoms with van der Waals surface area (Å²) in [5.41, 5.74) is 4.94. The van der Waals surface area contributed by atoms with Gasteiger partial charge in [-0.25, -0.2) is 0 Å². The van der Waals surface area contributed by atoms with Crippen LogP contribution in [0.5, 0.6) is 0 Å². The van der Waals surface area contributed by atoms with Gasteiger partial charge >= 0.3 is 0 Å². The molecule has 0 aliphatic heterocycles. The molecule has 0 bridgehead atoms. The maximum Gasteiger partial charge on any atom is 0.0753 e. The third-order valence-corrected chi connectivity index (χ3v) is 4.54. The Balaban J connectivity index is 1.59. The summed E-state index contributed by atoms with van der Waals surface area (Å²) in [4.78, 5) is 4.57. The molecule has 0 fully saturated rings. The van der Waals surface area contributed by atoms with Gasteiger partial charge in [-0.15, -0.1) is 0 Å². The van der Waals surface area contributed by atoms with E-state index >= 15 is 0 Å². The molecule has 3 aromatic rings. The van der Waals surface area contributed by atoms with Crippen molar-refractivity contribution in [3.05, 3.63) is 83.4 Å². The van der Waals surface area contributed by atoms with Crippen molar-refractivity contribution in [1.82, 2.24) is 20.5 Å². The molecule has 4 nitrogen and oxygen atoms in total. The summed E-state index contributed by atoms with van der Waals surface area (Å²) in [7, 11) is 0. The summed E-state index contributed by atoms with van der Waals surface area (Å²) >= 11 is 0. The van der Waals surface area contributed by atoms with Crippen LogP contribution in [-0.2, 0) is 12.8 Å². The SMILES string of the molecule is c1ccc([C@@H](N[C@H]2CCc3[nH]ncc3C2)c2ccccn2)cc1. The molecule has 2 atom stereocenters. The Labute approximate surface area is 136 Å². The van der Waals surface area contributed by atoms with E-state index in [4.69, 9.17) is 0 Å². The summed E-state index contributed by atoms with van der Waals surface area (Å²) in [6.07, 6.45) is 7.01. The minimum absolute atomic E-state index is 0.121. The molecule has 116 valence electrons. The first-order valence-electron chi connectivity index (χ1n) is 8.13. The molecule has 0 spiro atoms. The standard InChI is InChI=1S/C19H20N4/c1-2-6-14(7-3-1)19(18-8-4-5-11-20-18)22-16-9-10-17-15(12-16)13-21-23-17/h1-8,11,13,16,19,22H,9-10,12H2,(H,21,23)/t16-,19+/m0/s1. The Morgan fingerprint density at radius 1 is 1.09 bits per heavy atom. The predicted octanol–water partition coefficient (Wildman–Crippen LogP) is 3.04. The molecule has 23 heavy (non-hydrogen) atoms. The molecule has 1 aliphatic rings. The van der Waals surface area contributed by atoms with Crippen molar-refractivity contribution in [2.45, 2.75) is 31.3 Å². The monoisotopic (exact) mass is 304 g/mol. The second kappa shape index (κ2) is 6.34. The number of H-pyrrole nitrogens is 1. The van der Waals surface area contributed by atoms with Gasteiger partial charge in [0, 0.05) is 17.9 Å². The number of hydrogen-bond acceptors (Lipinski definition) is 3. The fourth-order valence-corrected chi connectivity index (χ4v) is 3.34. The molecule has 2 aromatic heterocycles. The van der Waals surface area contributed by atoms with Crippen LogP contribution in [0.3, 0.4) is 0 Å². The minimum Gasteiger partial charge on any atom is -0.302 e. The lowest BCUT2D eigenvalue weighted by Crippen LogP contribution is -2.37. The molecule has 2 heterocycles. The topological polar surface area (TPSA) is 53.6 Å². The van der Waals surface area contributed by atoms with Gasteiger partial charge in [0.15, 0.2) is 0 Å². The van der Waals surface area contributed by atoms with Crippen LogP contribution < -0.4 is 5.32 Å². The second-order valence-electron chi connectivity index (χ2n) is 6.08. The van der Waals surface area contributed by atoms with Crippen LogP contribution in [0.25, 0.3) is 0 Å². The van der Waals surface area contributed by atoms with Gasteiger partial charge in [0.05, 0.1) is 17.9 Å². The lowest BCUT2D eigenvalue weighted by molar-refractivity contribution is 0.421. The van der Waals surface area contributed by atoms with E-state index in [0.717, 1.165) is 25.0 Å². The fraction of sp³-hybridized carbons (Fsp3) is 0.263. The van der Waals surface area contributed by atoms with Crippen molar-refractivity contribution >= 4 is 0 Å². The number of benzene rings is 1. The van der Waals surface area contributed by atoms with Crippen LogP contribution in [0, 0.1) is 0 Å². The van der Waals surface area contributed by atoms with Gasteiger partial charge in [0.1, 0.15) is 0 Å². The third-order valence-electron chi connectivity index (χ3n) is 4.54. The number of aromatic amines is 1. The molecule has 1 aliphatic carbocycles. The van der Waals surface area contributed by atoms with Crippen molar-refractivity contribution in [1.29, 1.82) is 0 Å². The average molecular weight is 304 g/mol. The van der Waals surface area contributed by atoms with Gasteiger partial charge in [0.25, 0.3) is 0 Å². The molecule has 4 rings (SSSR count). The number of pyridine rings is 1. The highest BCUT2D eigenvalue weighted by atomic mass is 15.1. The van der Waals surface area contributed by atoms with E-state index in [0.29, 0.717) is 6.04 Å². The van der Waals surface area contributed by atoms with Crippen molar-refractivity contribution in [3.63, 3.8) is 0 Å². The van der Waals surface area contributed by atoms with Crippen LogP contribution in [-0.4, -0.2) is 21.2 Å². The molecular formula is C19H20N4. The first-order chi connectivity index (χ1) is 11.4. The average Bonchev–Trinajstić information content (AvgIpc) is 3.09. The zero-order valence-corrected chi connectivity index (χ0v) is 12.9. The van der Waals surface area contributed by atoms with E-state index in [2.05, 4.69) is 63.0 Å². The summed E-state index contributed by atoms with van der Waals surface area (Å²) in [5, 5.41) is 11.1. The molecule has 1 aromatic carbocycles. The zero-order valence-electron chi connectivity index (χ0n) is 12.9. The van der Waals surface area contributed by atoms with Crippen molar-refractivity contribution in [2.75, 3.05) is 0 Å². The quantitative estimate of drug-likeness (QED) is 0.779. The maximum absolute atomic E-state index is 4.57. The lowest BCUT2D eigenvalue weighted by Gasteiger charge is -2.28. The van der Waals surface area contributed by atoms with Crippen molar-refractivity contribution in [2.24, 2.45) is 0 Å². The van der Waals surface area contributed by atoms with E-state index in [1.165, 1.54) is 16.8 Å². The van der Waals surface area contributed by atoms with Crippen LogP contribution in [0.4, 0.5) is 0 Å². The van der Waals surface area contributed by atoms with Gasteiger partial charge in [-0.3, -0.25) is 10.1 Å². The normalized spacial score (nSPS) is 18.3. The predicted molar refractivity (Wildman–Crippen MR) is 90.1 cm³/mol. The summed E-state index contributed by atoms with van der Waals surface area (Å²) in [6, 6.07) is 17.2. The highest BCUT2D eigenvalue weighted by Gasteiger charge is 2.24. The number of aryl methyl sites for hydroxylation is 1. The fourth-order valence-electron chi connectivity index (χ4n) is 3.34. The minimum atomic E-state index is 0.121. The third kappa shape index (κ3) is 3.03. The number of nitrogens with zero attached hydrogens (tertiary/aromatic N) is 2. The van der Waals surface area contributed by atoms with E-state index in [-0.39, 0.29) is 6.04 Å². The van der Waals surface area contributed by atoms with Crippen LogP contribution >= 0.6 is 0 Å². The smallest absolute Gasteiger partial charge is 0.0753 e. The summed E-state index contributed by atoms with van der Waals surface area (Å²) in [6.45, 7) is 0. The molecule has 2 N–H and O–H groups in total. The molecule has 0 radical (unpaired) electrons. The highest BCUT2D eigenvalue weighted by molar-refractivity contribution is 5.29. The Kier molecular flexibility index (Phi) is 3.90. The maximum atomic E-state index is 4.57. The van der Waals surface area contributed by atoms with Gasteiger partial charge in [-0.05, 0) is 42.5 Å². The molecule has 0 amide bonds. The van der Waals surface area contributed by atoms with E-state index < -0.39 is 0 Å². The molecular weight excluding hydrogens is 284 g/mol. The first-order valence-corrected chi connectivity index (χ1v) is 8.13. The first kappa shape index (κ1) is 14.2. The van der Waals surface area contributed by atoms with Crippen LogP contribution in [0.1, 0.15) is 35.0 Å². The van der Waals surface area contributed by atoms with Gasteiger partial charge in [0.2, 0.25) is 0 Å². The van der Waals surface area contributed by atoms with E-state index in [1.807, 2.05) is 18.5 Å². The van der Waals surface area contributed by atoms with E-state index in [1.54, 1.807) is 0 Å². The zero-order chi connectivity index (χ0) is 15.5. The Hall–Kier alpha value is -2.46. The van der Waals surface area contributed by atoms with Gasteiger partial charge < -0.3 is 5.32 Å². The van der Waals surface area contributed by atoms with Crippen molar-refractivity contribution < 1.29 is 0 Å². The Morgan fingerprint density at radius 2 is 1.96 bits per heavy atom. The van der Waals surface area contributed by atoms with Crippen LogP contribution in [0.2, 0.25) is 0 Å². The summed E-state index contributed by atoms with van der Waals surface area (Å²) < 4.78 is 0. The number of rotatable bonds is 4. The number of hydrogen-bond donors (Lipinski definition) is 2. The Morgan fingerprint density at radius 3 is 2.78 bits per heavy atom. The molecule has 0 saturated carbocycles. The largest absolute Gasteiger partial charge is 0.302 e.